The molecule has 2 atom stereocenters. The first-order valence-corrected chi connectivity index (χ1v) is 6.38. The maximum Gasteiger partial charge on any atom is 0.306 e. The lowest BCUT2D eigenvalue weighted by molar-refractivity contribution is -0.144. The number of carbonyl (C=O) groups is 1. The molecule has 1 aromatic rings. The van der Waals surface area contributed by atoms with Gasteiger partial charge in [0.05, 0.1) is 12.5 Å². The Bertz CT molecular complexity index is 418. The van der Waals surface area contributed by atoms with E-state index in [4.69, 9.17) is 9.52 Å². The lowest BCUT2D eigenvalue weighted by atomic mass is 9.92. The smallest absolute Gasteiger partial charge is 0.306 e. The van der Waals surface area contributed by atoms with E-state index < -0.39 is 5.97 Å². The van der Waals surface area contributed by atoms with Crippen LogP contribution in [0.1, 0.15) is 38.5 Å². The molecule has 0 spiro atoms. The summed E-state index contributed by atoms with van der Waals surface area (Å²) in [6.45, 7) is 5.40. The molecule has 1 fully saturated rings. The maximum atomic E-state index is 10.9. The molecule has 1 aromatic heterocycles. The van der Waals surface area contributed by atoms with Crippen molar-refractivity contribution >= 4 is 5.97 Å². The molecule has 100 valence electrons. The van der Waals surface area contributed by atoms with E-state index in [1.54, 1.807) is 0 Å². The van der Waals surface area contributed by atoms with E-state index in [0.717, 1.165) is 13.0 Å². The molecule has 0 saturated carbocycles. The van der Waals surface area contributed by atoms with Crippen molar-refractivity contribution < 1.29 is 14.3 Å². The highest BCUT2D eigenvalue weighted by molar-refractivity contribution is 5.70. The summed E-state index contributed by atoms with van der Waals surface area (Å²) in [5, 5.41) is 16.9. The largest absolute Gasteiger partial charge is 0.481 e. The number of rotatable bonds is 4. The van der Waals surface area contributed by atoms with Gasteiger partial charge in [-0.3, -0.25) is 9.69 Å². The minimum absolute atomic E-state index is 0.217. The van der Waals surface area contributed by atoms with E-state index in [1.807, 2.05) is 13.8 Å². The minimum atomic E-state index is -0.687. The molecule has 2 rings (SSSR count). The van der Waals surface area contributed by atoms with Gasteiger partial charge < -0.3 is 9.52 Å². The number of likely N-dealkylation sites (tertiary alicyclic amines) is 1. The van der Waals surface area contributed by atoms with Crippen LogP contribution in [0, 0.1) is 5.92 Å². The number of nitrogens with zero attached hydrogens (tertiary/aromatic N) is 3. The molecule has 1 aliphatic heterocycles. The van der Waals surface area contributed by atoms with E-state index in [-0.39, 0.29) is 12.0 Å². The van der Waals surface area contributed by atoms with Crippen LogP contribution in [0.15, 0.2) is 4.42 Å². The van der Waals surface area contributed by atoms with Crippen LogP contribution in [-0.4, -0.2) is 38.8 Å². The topological polar surface area (TPSA) is 79.5 Å². The van der Waals surface area contributed by atoms with Crippen molar-refractivity contribution in [2.24, 2.45) is 5.92 Å². The molecule has 2 unspecified atom stereocenters. The molecule has 0 radical (unpaired) electrons. The fourth-order valence-corrected chi connectivity index (χ4v) is 2.35. The molecule has 18 heavy (non-hydrogen) atoms. The van der Waals surface area contributed by atoms with Gasteiger partial charge >= 0.3 is 5.97 Å². The minimum Gasteiger partial charge on any atom is -0.481 e. The molecule has 1 saturated heterocycles. The first-order chi connectivity index (χ1) is 8.60. The van der Waals surface area contributed by atoms with Crippen molar-refractivity contribution in [1.29, 1.82) is 0 Å². The highest BCUT2D eigenvalue weighted by Gasteiger charge is 2.30. The van der Waals surface area contributed by atoms with Gasteiger partial charge in [0.25, 0.3) is 0 Å². The van der Waals surface area contributed by atoms with Crippen molar-refractivity contribution in [1.82, 2.24) is 15.1 Å². The summed E-state index contributed by atoms with van der Waals surface area (Å²) >= 11 is 0. The van der Waals surface area contributed by atoms with E-state index in [2.05, 4.69) is 15.1 Å². The number of carboxylic acids is 1. The molecule has 0 aliphatic carbocycles. The van der Waals surface area contributed by atoms with Gasteiger partial charge in [-0.05, 0) is 26.3 Å². The van der Waals surface area contributed by atoms with Gasteiger partial charge in [0.2, 0.25) is 11.8 Å². The summed E-state index contributed by atoms with van der Waals surface area (Å²) in [7, 11) is 0. The lowest BCUT2D eigenvalue weighted by Gasteiger charge is -2.35. The summed E-state index contributed by atoms with van der Waals surface area (Å²) in [4.78, 5) is 13.1. The Hall–Kier alpha value is -1.43. The fraction of sp³-hybridized carbons (Fsp3) is 0.750. The molecule has 0 aromatic carbocycles. The Kier molecular flexibility index (Phi) is 3.96. The second-order valence-electron chi connectivity index (χ2n) is 4.82. The highest BCUT2D eigenvalue weighted by atomic mass is 16.4. The van der Waals surface area contributed by atoms with Gasteiger partial charge in [-0.25, -0.2) is 0 Å². The summed E-state index contributed by atoms with van der Waals surface area (Å²) in [5.74, 6) is 0.364. The Labute approximate surface area is 106 Å². The standard InChI is InChI=1S/C12H19N3O3/c1-3-10-13-14-11(18-10)7-15-5-4-9(12(16)17)6-8(15)2/h8-9H,3-7H2,1-2H3,(H,16,17). The number of hydrogen-bond donors (Lipinski definition) is 1. The predicted molar refractivity (Wildman–Crippen MR) is 63.9 cm³/mol. The number of carboxylic acid groups (broad SMARTS) is 1. The van der Waals surface area contributed by atoms with Gasteiger partial charge in [0.1, 0.15) is 0 Å². The van der Waals surface area contributed by atoms with Gasteiger partial charge in [-0.15, -0.1) is 10.2 Å². The van der Waals surface area contributed by atoms with Crippen LogP contribution in [0.25, 0.3) is 0 Å². The monoisotopic (exact) mass is 253 g/mol. The van der Waals surface area contributed by atoms with Crippen LogP contribution in [0.2, 0.25) is 0 Å². The van der Waals surface area contributed by atoms with Crippen LogP contribution in [-0.2, 0) is 17.8 Å². The molecule has 1 N–H and O–H groups in total. The Morgan fingerprint density at radius 1 is 1.50 bits per heavy atom. The van der Waals surface area contributed by atoms with Gasteiger partial charge in [-0.1, -0.05) is 6.92 Å². The van der Waals surface area contributed by atoms with Crippen LogP contribution < -0.4 is 0 Å². The summed E-state index contributed by atoms with van der Waals surface area (Å²) in [5.41, 5.74) is 0. The van der Waals surface area contributed by atoms with Crippen LogP contribution in [0.3, 0.4) is 0 Å². The van der Waals surface area contributed by atoms with E-state index in [0.29, 0.717) is 31.2 Å². The normalized spacial score (nSPS) is 25.2. The second-order valence-corrected chi connectivity index (χ2v) is 4.82. The third-order valence-electron chi connectivity index (χ3n) is 3.51. The number of aryl methyl sites for hydroxylation is 1. The first kappa shape index (κ1) is 13.0. The van der Waals surface area contributed by atoms with Crippen LogP contribution >= 0.6 is 0 Å². The average molecular weight is 253 g/mol. The molecule has 2 heterocycles. The Morgan fingerprint density at radius 2 is 2.22 bits per heavy atom. The summed E-state index contributed by atoms with van der Waals surface area (Å²) in [6, 6.07) is 0.233. The van der Waals surface area contributed by atoms with Crippen molar-refractivity contribution in [2.45, 2.75) is 45.7 Å². The lowest BCUT2D eigenvalue weighted by Crippen LogP contribution is -2.42. The van der Waals surface area contributed by atoms with Gasteiger partial charge in [-0.2, -0.15) is 0 Å². The maximum absolute atomic E-state index is 10.9. The van der Waals surface area contributed by atoms with Gasteiger partial charge in [0, 0.05) is 12.5 Å². The first-order valence-electron chi connectivity index (χ1n) is 6.38. The predicted octanol–water partition coefficient (Wildman–Crippen LogP) is 1.32. The quantitative estimate of drug-likeness (QED) is 0.871. The van der Waals surface area contributed by atoms with E-state index in [1.165, 1.54) is 0 Å². The van der Waals surface area contributed by atoms with Crippen LogP contribution in [0.4, 0.5) is 0 Å². The molecule has 6 heteroatoms. The zero-order valence-electron chi connectivity index (χ0n) is 10.8. The number of hydrogen-bond acceptors (Lipinski definition) is 5. The molecule has 0 bridgehead atoms. The second kappa shape index (κ2) is 5.48. The Morgan fingerprint density at radius 3 is 2.78 bits per heavy atom. The van der Waals surface area contributed by atoms with Crippen molar-refractivity contribution in [3.8, 4) is 0 Å². The Balaban J connectivity index is 1.92. The number of aliphatic carboxylic acids is 1. The number of aromatic nitrogens is 2. The molecular formula is C12H19N3O3. The van der Waals surface area contributed by atoms with Gasteiger partial charge in [0.15, 0.2) is 0 Å². The number of piperidine rings is 1. The van der Waals surface area contributed by atoms with Crippen molar-refractivity contribution in [3.63, 3.8) is 0 Å². The molecular weight excluding hydrogens is 234 g/mol. The fourth-order valence-electron chi connectivity index (χ4n) is 2.35. The van der Waals surface area contributed by atoms with Crippen molar-refractivity contribution in [3.05, 3.63) is 11.8 Å². The SMILES string of the molecule is CCc1nnc(CN2CCC(C(=O)O)CC2C)o1. The third-order valence-corrected chi connectivity index (χ3v) is 3.51. The zero-order valence-corrected chi connectivity index (χ0v) is 10.8. The van der Waals surface area contributed by atoms with Crippen LogP contribution in [0.5, 0.6) is 0 Å². The third kappa shape index (κ3) is 2.87. The van der Waals surface area contributed by atoms with E-state index >= 15 is 0 Å². The average Bonchev–Trinajstić information content (AvgIpc) is 2.79. The van der Waals surface area contributed by atoms with E-state index in [9.17, 15) is 4.79 Å². The zero-order chi connectivity index (χ0) is 13.1. The molecule has 6 nitrogen and oxygen atoms in total. The molecule has 1 aliphatic rings. The highest BCUT2D eigenvalue weighted by Crippen LogP contribution is 2.24. The summed E-state index contributed by atoms with van der Waals surface area (Å²) in [6.07, 6.45) is 2.11. The van der Waals surface area contributed by atoms with Crippen molar-refractivity contribution in [2.75, 3.05) is 6.54 Å². The molecule has 0 amide bonds. The summed E-state index contributed by atoms with van der Waals surface area (Å²) < 4.78 is 5.48.